The Labute approximate surface area is 124 Å². The van der Waals surface area contributed by atoms with E-state index in [-0.39, 0.29) is 0 Å². The molecule has 4 heteroatoms. The first-order valence-electron chi connectivity index (χ1n) is 6.64. The topological polar surface area (TPSA) is 55.0 Å². The largest absolute Gasteiger partial charge is 0.399 e. The van der Waals surface area contributed by atoms with Crippen LogP contribution in [0.3, 0.4) is 0 Å². The molecule has 0 fully saturated rings. The molecular weight excluding hydrogens is 260 g/mol. The Morgan fingerprint density at radius 2 is 1.67 bits per heavy atom. The summed E-state index contributed by atoms with van der Waals surface area (Å²) in [6.07, 6.45) is 9.39. The summed E-state index contributed by atoms with van der Waals surface area (Å²) >= 11 is 0. The lowest BCUT2D eigenvalue weighted by molar-refractivity contribution is 0.589. The molecule has 0 aliphatic carbocycles. The second-order valence-corrected chi connectivity index (χ2v) is 4.90. The smallest absolute Gasteiger partial charge is 0.0979 e. The minimum absolute atomic E-state index is 0.733. The minimum atomic E-state index is 0.733. The van der Waals surface area contributed by atoms with Crippen molar-refractivity contribution >= 4 is 11.3 Å². The maximum atomic E-state index is 5.74. The monoisotopic (exact) mass is 276 g/mol. The van der Waals surface area contributed by atoms with Gasteiger partial charge in [0.25, 0.3) is 0 Å². The third-order valence-electron chi connectivity index (χ3n) is 3.40. The van der Waals surface area contributed by atoms with E-state index in [1.165, 1.54) is 0 Å². The van der Waals surface area contributed by atoms with Crippen molar-refractivity contribution in [3.05, 3.63) is 73.0 Å². The molecule has 0 atom stereocenters. The number of likely N-dealkylation sites (N-methyl/N-ethyl adjacent to an activating group) is 1. The Morgan fingerprint density at radius 1 is 1.00 bits per heavy atom. The molecule has 0 spiro atoms. The van der Waals surface area contributed by atoms with Crippen molar-refractivity contribution in [1.82, 2.24) is 14.9 Å². The maximum Gasteiger partial charge on any atom is 0.0979 e. The van der Waals surface area contributed by atoms with E-state index < -0.39 is 0 Å². The van der Waals surface area contributed by atoms with Crippen molar-refractivity contribution in [3.63, 3.8) is 0 Å². The molecule has 2 heterocycles. The Bertz CT molecular complexity index is 742. The Morgan fingerprint density at radius 3 is 2.33 bits per heavy atom. The van der Waals surface area contributed by atoms with Crippen molar-refractivity contribution in [2.45, 2.75) is 0 Å². The zero-order valence-corrected chi connectivity index (χ0v) is 11.8. The summed E-state index contributed by atoms with van der Waals surface area (Å²) in [7, 11) is 1.96. The summed E-state index contributed by atoms with van der Waals surface area (Å²) in [5, 5.41) is 0. The SMILES string of the molecule is C=C1C=CC(c2nccnc2-c2ccc(N)cc2)=CN1C. The van der Waals surface area contributed by atoms with E-state index in [0.717, 1.165) is 33.9 Å². The fourth-order valence-corrected chi connectivity index (χ4v) is 2.18. The fraction of sp³-hybridized carbons (Fsp3) is 0.0588. The van der Waals surface area contributed by atoms with Gasteiger partial charge in [-0.25, -0.2) is 0 Å². The second-order valence-electron chi connectivity index (χ2n) is 4.90. The predicted octanol–water partition coefficient (Wildman–Crippen LogP) is 3.08. The van der Waals surface area contributed by atoms with Crippen LogP contribution in [0.25, 0.3) is 16.8 Å². The molecule has 4 nitrogen and oxygen atoms in total. The van der Waals surface area contributed by atoms with Gasteiger partial charge in [0.2, 0.25) is 0 Å². The molecule has 1 aliphatic heterocycles. The summed E-state index contributed by atoms with van der Waals surface area (Å²) in [5.74, 6) is 0. The van der Waals surface area contributed by atoms with Crippen LogP contribution >= 0.6 is 0 Å². The van der Waals surface area contributed by atoms with Crippen LogP contribution in [0, 0.1) is 0 Å². The van der Waals surface area contributed by atoms with Crippen LogP contribution in [-0.2, 0) is 0 Å². The Kier molecular flexibility index (Phi) is 3.28. The van der Waals surface area contributed by atoms with Crippen LogP contribution in [0.1, 0.15) is 5.69 Å². The third-order valence-corrected chi connectivity index (χ3v) is 3.40. The number of hydrogen-bond donors (Lipinski definition) is 1. The number of nitrogens with two attached hydrogens (primary N) is 1. The first kappa shape index (κ1) is 13.1. The normalized spacial score (nSPS) is 14.2. The lowest BCUT2D eigenvalue weighted by Gasteiger charge is -2.20. The number of aromatic nitrogens is 2. The van der Waals surface area contributed by atoms with E-state index in [0.29, 0.717) is 0 Å². The van der Waals surface area contributed by atoms with Gasteiger partial charge in [-0.3, -0.25) is 9.97 Å². The van der Waals surface area contributed by atoms with Crippen LogP contribution in [0.2, 0.25) is 0 Å². The number of hydrogen-bond acceptors (Lipinski definition) is 4. The molecule has 104 valence electrons. The average Bonchev–Trinajstić information content (AvgIpc) is 2.51. The molecule has 2 aromatic rings. The summed E-state index contributed by atoms with van der Waals surface area (Å²) < 4.78 is 0. The number of nitrogen functional groups attached to an aromatic ring is 1. The van der Waals surface area contributed by atoms with Crippen molar-refractivity contribution in [2.24, 2.45) is 0 Å². The van der Waals surface area contributed by atoms with Gasteiger partial charge in [-0.2, -0.15) is 0 Å². The molecule has 0 radical (unpaired) electrons. The number of anilines is 1. The summed E-state index contributed by atoms with van der Waals surface area (Å²) in [6, 6.07) is 7.65. The van der Waals surface area contributed by atoms with E-state index in [9.17, 15) is 0 Å². The number of allylic oxidation sites excluding steroid dienone is 3. The standard InChI is InChI=1S/C17H16N4/c1-12-3-4-14(11-21(12)2)17-16(19-9-10-20-17)13-5-7-15(18)8-6-13/h3-11H,1,18H2,2H3. The van der Waals surface area contributed by atoms with Crippen LogP contribution in [-0.4, -0.2) is 21.9 Å². The molecule has 0 amide bonds. The van der Waals surface area contributed by atoms with Gasteiger partial charge in [0.15, 0.2) is 0 Å². The number of nitrogens with zero attached hydrogens (tertiary/aromatic N) is 3. The zero-order chi connectivity index (χ0) is 14.8. The van der Waals surface area contributed by atoms with E-state index in [1.54, 1.807) is 12.4 Å². The van der Waals surface area contributed by atoms with E-state index in [1.807, 2.05) is 54.6 Å². The summed E-state index contributed by atoms with van der Waals surface area (Å²) in [5.41, 5.74) is 11.1. The summed E-state index contributed by atoms with van der Waals surface area (Å²) in [6.45, 7) is 3.96. The highest BCUT2D eigenvalue weighted by atomic mass is 15.1. The van der Waals surface area contributed by atoms with Gasteiger partial charge in [-0.05, 0) is 24.3 Å². The molecule has 3 rings (SSSR count). The lowest BCUT2D eigenvalue weighted by atomic mass is 10.0. The summed E-state index contributed by atoms with van der Waals surface area (Å²) in [4.78, 5) is 10.9. The van der Waals surface area contributed by atoms with Crippen LogP contribution in [0.4, 0.5) is 5.69 Å². The van der Waals surface area contributed by atoms with Crippen molar-refractivity contribution in [3.8, 4) is 11.3 Å². The first-order chi connectivity index (χ1) is 10.1. The van der Waals surface area contributed by atoms with Crippen LogP contribution in [0.5, 0.6) is 0 Å². The molecule has 21 heavy (non-hydrogen) atoms. The molecule has 2 N–H and O–H groups in total. The van der Waals surface area contributed by atoms with Crippen molar-refractivity contribution < 1.29 is 0 Å². The highest BCUT2D eigenvalue weighted by Gasteiger charge is 2.14. The average molecular weight is 276 g/mol. The van der Waals surface area contributed by atoms with Gasteiger partial charge in [0.05, 0.1) is 11.4 Å². The fourth-order valence-electron chi connectivity index (χ4n) is 2.18. The second kappa shape index (κ2) is 5.25. The van der Waals surface area contributed by atoms with Gasteiger partial charge >= 0.3 is 0 Å². The molecule has 1 aliphatic rings. The Balaban J connectivity index is 2.09. The molecule has 0 saturated heterocycles. The highest BCUT2D eigenvalue weighted by molar-refractivity contribution is 5.82. The van der Waals surface area contributed by atoms with Crippen LogP contribution in [0.15, 0.2) is 67.3 Å². The van der Waals surface area contributed by atoms with Crippen molar-refractivity contribution in [1.29, 1.82) is 0 Å². The predicted molar refractivity (Wildman–Crippen MR) is 85.9 cm³/mol. The minimum Gasteiger partial charge on any atom is -0.399 e. The van der Waals surface area contributed by atoms with E-state index in [4.69, 9.17) is 5.73 Å². The number of benzene rings is 1. The van der Waals surface area contributed by atoms with Crippen LogP contribution < -0.4 is 5.73 Å². The van der Waals surface area contributed by atoms with Crippen molar-refractivity contribution in [2.75, 3.05) is 12.8 Å². The van der Waals surface area contributed by atoms with E-state index in [2.05, 4.69) is 16.5 Å². The van der Waals surface area contributed by atoms with Gasteiger partial charge < -0.3 is 10.6 Å². The molecule has 0 unspecified atom stereocenters. The number of rotatable bonds is 2. The Hall–Kier alpha value is -2.88. The van der Waals surface area contributed by atoms with E-state index >= 15 is 0 Å². The zero-order valence-electron chi connectivity index (χ0n) is 11.8. The third kappa shape index (κ3) is 2.56. The van der Waals surface area contributed by atoms with Gasteiger partial charge in [-0.15, -0.1) is 0 Å². The molecule has 0 bridgehead atoms. The lowest BCUT2D eigenvalue weighted by Crippen LogP contribution is -2.12. The molecule has 1 aromatic heterocycles. The highest BCUT2D eigenvalue weighted by Crippen LogP contribution is 2.29. The van der Waals surface area contributed by atoms with Gasteiger partial charge in [-0.1, -0.05) is 18.7 Å². The molecular formula is C17H16N4. The molecule has 0 saturated carbocycles. The van der Waals surface area contributed by atoms with Gasteiger partial charge in [0, 0.05) is 48.2 Å². The quantitative estimate of drug-likeness (QED) is 0.856. The first-order valence-corrected chi connectivity index (χ1v) is 6.64. The van der Waals surface area contributed by atoms with Gasteiger partial charge in [0.1, 0.15) is 0 Å². The molecule has 1 aromatic carbocycles. The maximum absolute atomic E-state index is 5.74.